The molecule has 1 fully saturated rings. The van der Waals surface area contributed by atoms with Crippen molar-refractivity contribution in [3.63, 3.8) is 0 Å². The summed E-state index contributed by atoms with van der Waals surface area (Å²) in [6.45, 7) is -0.645. The molecule has 1 amide bonds. The molecule has 0 bridgehead atoms. The topological polar surface area (TPSA) is 85.9 Å². The fourth-order valence-corrected chi connectivity index (χ4v) is 4.63. The maximum absolute atomic E-state index is 13.5. The van der Waals surface area contributed by atoms with Gasteiger partial charge in [-0.15, -0.1) is 11.3 Å². The molecule has 2 heterocycles. The number of thiazole rings is 1. The lowest BCUT2D eigenvalue weighted by Gasteiger charge is -2.27. The molecule has 2 aromatic rings. The number of nitrogens with two attached hydrogens (primary N) is 1. The van der Waals surface area contributed by atoms with Gasteiger partial charge in [0.1, 0.15) is 16.2 Å². The van der Waals surface area contributed by atoms with Gasteiger partial charge < -0.3 is 5.73 Å². The SMILES string of the molecule is [2H]C([2H])([2H])c1nc(CC(=O)C2CCC[C@H]2C(N)=O)sc1-c1ccnc(C(C)(C)C(F)(F)F)c1. The average molecular weight is 443 g/mol. The number of carbonyl (C=O) groups excluding carboxylic acids is 2. The van der Waals surface area contributed by atoms with Gasteiger partial charge in [-0.1, -0.05) is 6.42 Å². The molecular weight excluding hydrogens is 415 g/mol. The molecule has 0 spiro atoms. The molecule has 0 aromatic carbocycles. The van der Waals surface area contributed by atoms with E-state index >= 15 is 0 Å². The summed E-state index contributed by atoms with van der Waals surface area (Å²) in [6.07, 6.45) is -1.78. The van der Waals surface area contributed by atoms with E-state index in [1.165, 1.54) is 18.3 Å². The fraction of sp³-hybridized carbons (Fsp3) is 0.524. The number of ketones is 1. The summed E-state index contributed by atoms with van der Waals surface area (Å²) in [5.41, 5.74) is 2.84. The van der Waals surface area contributed by atoms with Crippen molar-refractivity contribution in [2.75, 3.05) is 0 Å². The lowest BCUT2D eigenvalue weighted by Crippen LogP contribution is -2.37. The molecule has 2 N–H and O–H groups in total. The summed E-state index contributed by atoms with van der Waals surface area (Å²) >= 11 is 0.946. The monoisotopic (exact) mass is 442 g/mol. The molecule has 2 aromatic heterocycles. The van der Waals surface area contributed by atoms with Gasteiger partial charge in [-0.2, -0.15) is 13.2 Å². The number of Topliss-reactive ketones (excluding diaryl/α,β-unsaturated/α-hetero) is 1. The van der Waals surface area contributed by atoms with Crippen LogP contribution in [0.4, 0.5) is 13.2 Å². The molecule has 1 aliphatic carbocycles. The lowest BCUT2D eigenvalue weighted by atomic mass is 9.87. The normalized spacial score (nSPS) is 21.7. The Hall–Kier alpha value is -2.29. The highest BCUT2D eigenvalue weighted by Gasteiger charge is 2.49. The van der Waals surface area contributed by atoms with Gasteiger partial charge in [-0.25, -0.2) is 4.98 Å². The van der Waals surface area contributed by atoms with Crippen molar-refractivity contribution in [3.8, 4) is 10.4 Å². The minimum absolute atomic E-state index is 0.164. The summed E-state index contributed by atoms with van der Waals surface area (Å²) in [5, 5.41) is 0.227. The number of alkyl halides is 3. The van der Waals surface area contributed by atoms with Crippen molar-refractivity contribution in [2.24, 2.45) is 17.6 Å². The first-order valence-electron chi connectivity index (χ1n) is 11.0. The highest BCUT2D eigenvalue weighted by atomic mass is 32.1. The molecule has 3 rings (SSSR count). The third-order valence-corrected chi connectivity index (χ3v) is 6.77. The average Bonchev–Trinajstić information content (AvgIpc) is 3.34. The summed E-state index contributed by atoms with van der Waals surface area (Å²) < 4.78 is 64.0. The maximum Gasteiger partial charge on any atom is 0.399 e. The summed E-state index contributed by atoms with van der Waals surface area (Å²) in [5.74, 6) is -1.87. The minimum Gasteiger partial charge on any atom is -0.369 e. The molecule has 1 unspecified atom stereocenters. The van der Waals surface area contributed by atoms with Crippen LogP contribution in [0.3, 0.4) is 0 Å². The number of pyridine rings is 1. The smallest absolute Gasteiger partial charge is 0.369 e. The Balaban J connectivity index is 1.98. The van der Waals surface area contributed by atoms with Gasteiger partial charge in [0.25, 0.3) is 0 Å². The first-order chi connectivity index (χ1) is 15.1. The van der Waals surface area contributed by atoms with Crippen LogP contribution in [0.1, 0.15) is 53.6 Å². The zero-order valence-electron chi connectivity index (χ0n) is 19.5. The third kappa shape index (κ3) is 4.26. The van der Waals surface area contributed by atoms with Gasteiger partial charge in [0.2, 0.25) is 5.91 Å². The number of nitrogens with zero attached hydrogens (tertiary/aromatic N) is 2. The number of aromatic nitrogens is 2. The van der Waals surface area contributed by atoms with Crippen LogP contribution in [-0.2, 0) is 21.4 Å². The zero-order valence-corrected chi connectivity index (χ0v) is 17.4. The zero-order chi connectivity index (χ0) is 24.8. The molecule has 0 aliphatic heterocycles. The van der Waals surface area contributed by atoms with Crippen LogP contribution in [0.2, 0.25) is 0 Å². The fourth-order valence-electron chi connectivity index (χ4n) is 3.66. The second kappa shape index (κ2) is 8.09. The molecule has 30 heavy (non-hydrogen) atoms. The van der Waals surface area contributed by atoms with Crippen LogP contribution in [0, 0.1) is 18.7 Å². The number of aryl methyl sites for hydroxylation is 1. The van der Waals surface area contributed by atoms with E-state index in [1.807, 2.05) is 0 Å². The molecule has 2 atom stereocenters. The second-order valence-electron chi connectivity index (χ2n) is 8.03. The number of hydrogen-bond donors (Lipinski definition) is 1. The van der Waals surface area contributed by atoms with Gasteiger partial charge in [-0.05, 0) is 51.2 Å². The van der Waals surface area contributed by atoms with E-state index in [0.29, 0.717) is 19.3 Å². The Bertz CT molecular complexity index is 1070. The third-order valence-electron chi connectivity index (χ3n) is 5.66. The van der Waals surface area contributed by atoms with E-state index in [2.05, 4.69) is 9.97 Å². The van der Waals surface area contributed by atoms with E-state index in [0.717, 1.165) is 25.2 Å². The van der Waals surface area contributed by atoms with Crippen LogP contribution in [0.15, 0.2) is 18.3 Å². The van der Waals surface area contributed by atoms with Gasteiger partial charge >= 0.3 is 6.18 Å². The van der Waals surface area contributed by atoms with E-state index < -0.39 is 36.2 Å². The largest absolute Gasteiger partial charge is 0.399 e. The Morgan fingerprint density at radius 2 is 2.00 bits per heavy atom. The van der Waals surface area contributed by atoms with Crippen LogP contribution in [0.5, 0.6) is 0 Å². The predicted octanol–water partition coefficient (Wildman–Crippen LogP) is 4.37. The van der Waals surface area contributed by atoms with Crippen molar-refractivity contribution >= 4 is 23.0 Å². The van der Waals surface area contributed by atoms with E-state index in [9.17, 15) is 22.8 Å². The molecule has 5 nitrogen and oxygen atoms in total. The Kier molecular flexibility index (Phi) is 4.98. The molecular formula is C21H24F3N3O2S. The van der Waals surface area contributed by atoms with Crippen LogP contribution in [-0.4, -0.2) is 27.8 Å². The van der Waals surface area contributed by atoms with Gasteiger partial charge in [0.15, 0.2) is 0 Å². The van der Waals surface area contributed by atoms with Crippen molar-refractivity contribution < 1.29 is 26.9 Å². The standard InChI is InChI=1S/C21H24F3N3O2S/c1-11-18(12-7-8-26-16(9-12)20(2,3)21(22,23)24)30-17(27-11)10-15(28)13-5-4-6-14(13)19(25)29/h7-9,13-14H,4-6,10H2,1-3H3,(H2,25,29)/t13?,14-/m1/s1/i1D3. The highest BCUT2D eigenvalue weighted by Crippen LogP contribution is 2.41. The molecule has 162 valence electrons. The first-order valence-corrected chi connectivity index (χ1v) is 10.3. The van der Waals surface area contributed by atoms with Gasteiger partial charge in [0, 0.05) is 22.1 Å². The molecule has 0 saturated heterocycles. The molecule has 9 heteroatoms. The van der Waals surface area contributed by atoms with Crippen LogP contribution < -0.4 is 5.73 Å². The van der Waals surface area contributed by atoms with Crippen molar-refractivity contribution in [3.05, 3.63) is 34.7 Å². The lowest BCUT2D eigenvalue weighted by molar-refractivity contribution is -0.181. The first kappa shape index (κ1) is 18.5. The Morgan fingerprint density at radius 3 is 2.63 bits per heavy atom. The summed E-state index contributed by atoms with van der Waals surface area (Å²) in [4.78, 5) is 32.6. The maximum atomic E-state index is 13.5. The minimum atomic E-state index is -4.56. The Labute approximate surface area is 181 Å². The van der Waals surface area contributed by atoms with Crippen LogP contribution in [0.25, 0.3) is 10.4 Å². The van der Waals surface area contributed by atoms with Crippen LogP contribution >= 0.6 is 11.3 Å². The quantitative estimate of drug-likeness (QED) is 0.720. The van der Waals surface area contributed by atoms with Gasteiger partial charge in [0.05, 0.1) is 22.7 Å². The predicted molar refractivity (Wildman–Crippen MR) is 108 cm³/mol. The van der Waals surface area contributed by atoms with E-state index in [1.54, 1.807) is 0 Å². The number of halogens is 3. The van der Waals surface area contributed by atoms with Crippen molar-refractivity contribution in [1.82, 2.24) is 9.97 Å². The van der Waals surface area contributed by atoms with Crippen molar-refractivity contribution in [2.45, 2.75) is 58.0 Å². The van der Waals surface area contributed by atoms with Crippen molar-refractivity contribution in [1.29, 1.82) is 0 Å². The number of primary amides is 1. The van der Waals surface area contributed by atoms with Gasteiger partial charge in [-0.3, -0.25) is 14.6 Å². The number of rotatable bonds is 6. The highest BCUT2D eigenvalue weighted by molar-refractivity contribution is 7.15. The molecule has 0 radical (unpaired) electrons. The second-order valence-corrected chi connectivity index (χ2v) is 9.11. The summed E-state index contributed by atoms with van der Waals surface area (Å²) in [7, 11) is 0. The Morgan fingerprint density at radius 1 is 1.30 bits per heavy atom. The number of hydrogen-bond acceptors (Lipinski definition) is 5. The van der Waals surface area contributed by atoms with E-state index in [4.69, 9.17) is 9.85 Å². The number of amides is 1. The van der Waals surface area contributed by atoms with E-state index in [-0.39, 0.29) is 39.0 Å². The molecule has 1 saturated carbocycles. The summed E-state index contributed by atoms with van der Waals surface area (Å²) in [6, 6.07) is 2.63. The molecule has 1 aliphatic rings. The number of carbonyl (C=O) groups is 2.